The maximum atomic E-state index is 12.5. The van der Waals surface area contributed by atoms with Crippen LogP contribution < -0.4 is 4.74 Å². The van der Waals surface area contributed by atoms with Crippen molar-refractivity contribution in [3.05, 3.63) is 59.7 Å². The third-order valence-corrected chi connectivity index (χ3v) is 5.74. The van der Waals surface area contributed by atoms with Gasteiger partial charge < -0.3 is 4.74 Å². The number of hydrogen-bond donors (Lipinski definition) is 0. The van der Waals surface area contributed by atoms with Gasteiger partial charge in [-0.15, -0.1) is 0 Å². The van der Waals surface area contributed by atoms with E-state index >= 15 is 0 Å². The molecule has 0 radical (unpaired) electrons. The Hall–Kier alpha value is -1.74. The zero-order valence-corrected chi connectivity index (χ0v) is 18.2. The lowest BCUT2D eigenvalue weighted by atomic mass is 10.1. The fourth-order valence-corrected chi connectivity index (χ4v) is 3.79. The van der Waals surface area contributed by atoms with Crippen LogP contribution in [0.2, 0.25) is 0 Å². The second-order valence-electron chi connectivity index (χ2n) is 7.28. The zero-order valence-electron chi connectivity index (χ0n) is 17.4. The molecule has 0 aliphatic heterocycles. The van der Waals surface area contributed by atoms with Gasteiger partial charge in [-0.05, 0) is 73.0 Å². The van der Waals surface area contributed by atoms with Crippen molar-refractivity contribution in [2.45, 2.75) is 76.5 Å². The highest BCUT2D eigenvalue weighted by molar-refractivity contribution is 8.14. The van der Waals surface area contributed by atoms with Gasteiger partial charge in [-0.1, -0.05) is 64.5 Å². The lowest BCUT2D eigenvalue weighted by molar-refractivity contribution is 0.108. The number of hydrogen-bond acceptors (Lipinski definition) is 3. The molecule has 0 aliphatic carbocycles. The van der Waals surface area contributed by atoms with Gasteiger partial charge in [-0.25, -0.2) is 0 Å². The molecule has 0 saturated heterocycles. The smallest absolute Gasteiger partial charge is 0.224 e. The topological polar surface area (TPSA) is 26.3 Å². The molecule has 0 saturated carbocycles. The molecule has 0 heterocycles. The molecule has 0 aliphatic rings. The molecule has 0 unspecified atom stereocenters. The minimum absolute atomic E-state index is 0.0739. The molecular formula is C25H34O2S. The molecule has 2 nitrogen and oxygen atoms in total. The molecule has 2 rings (SSSR count). The average Bonchev–Trinajstić information content (AvgIpc) is 2.72. The molecule has 0 atom stereocenters. The van der Waals surface area contributed by atoms with Crippen LogP contribution >= 0.6 is 11.8 Å². The second-order valence-corrected chi connectivity index (χ2v) is 8.32. The Kier molecular flexibility index (Phi) is 10.8. The van der Waals surface area contributed by atoms with Crippen molar-refractivity contribution >= 4 is 16.9 Å². The van der Waals surface area contributed by atoms with E-state index in [1.165, 1.54) is 62.3 Å². The van der Waals surface area contributed by atoms with Crippen molar-refractivity contribution < 1.29 is 9.53 Å². The highest BCUT2D eigenvalue weighted by Crippen LogP contribution is 2.25. The summed E-state index contributed by atoms with van der Waals surface area (Å²) in [4.78, 5) is 13.5. The van der Waals surface area contributed by atoms with Crippen LogP contribution in [0.25, 0.3) is 0 Å². The van der Waals surface area contributed by atoms with E-state index in [2.05, 4.69) is 38.1 Å². The number of rotatable bonds is 13. The first-order valence-electron chi connectivity index (χ1n) is 10.8. The van der Waals surface area contributed by atoms with E-state index < -0.39 is 0 Å². The Bertz CT molecular complexity index is 677. The molecule has 3 heteroatoms. The van der Waals surface area contributed by atoms with Crippen LogP contribution in [0.15, 0.2) is 53.4 Å². The van der Waals surface area contributed by atoms with E-state index in [0.717, 1.165) is 30.1 Å². The van der Waals surface area contributed by atoms with Crippen molar-refractivity contribution in [3.63, 3.8) is 0 Å². The summed E-state index contributed by atoms with van der Waals surface area (Å²) in [5.41, 5.74) is 2.06. The van der Waals surface area contributed by atoms with E-state index in [9.17, 15) is 4.79 Å². The number of unbranched alkanes of at least 4 members (excludes halogenated alkanes) is 6. The van der Waals surface area contributed by atoms with Crippen LogP contribution in [0.1, 0.15) is 81.1 Å². The normalized spacial score (nSPS) is 10.8. The molecule has 0 amide bonds. The molecule has 0 spiro atoms. The summed E-state index contributed by atoms with van der Waals surface area (Å²) in [5, 5.41) is 0.0739. The average molecular weight is 399 g/mol. The molecule has 0 aromatic heterocycles. The van der Waals surface area contributed by atoms with Gasteiger partial charge in [0, 0.05) is 10.5 Å². The number of thioether (sulfide) groups is 1. The van der Waals surface area contributed by atoms with Crippen molar-refractivity contribution in [2.24, 2.45) is 0 Å². The summed E-state index contributed by atoms with van der Waals surface area (Å²) in [7, 11) is 0. The van der Waals surface area contributed by atoms with Gasteiger partial charge in [-0.2, -0.15) is 0 Å². The quantitative estimate of drug-likeness (QED) is 0.255. The maximum absolute atomic E-state index is 12.5. The molecule has 28 heavy (non-hydrogen) atoms. The Balaban J connectivity index is 1.76. The lowest BCUT2D eigenvalue weighted by Crippen LogP contribution is -1.98. The SMILES string of the molecule is CCCCCCCOc1ccc(C(=O)Sc2ccc(CCCCC)cc2)cc1. The Morgan fingerprint density at radius 3 is 2.11 bits per heavy atom. The Morgan fingerprint density at radius 1 is 0.786 bits per heavy atom. The third kappa shape index (κ3) is 8.52. The van der Waals surface area contributed by atoms with E-state index in [1.54, 1.807) is 0 Å². The van der Waals surface area contributed by atoms with Crippen LogP contribution in [0.3, 0.4) is 0 Å². The standard InChI is InChI=1S/C25H34O2S/c1-3-5-7-8-10-20-27-23-16-14-22(15-17-23)25(26)28-24-18-12-21(13-19-24)11-9-6-4-2/h12-19H,3-11,20H2,1-2H3. The number of carbonyl (C=O) groups is 1. The summed E-state index contributed by atoms with van der Waals surface area (Å²) in [6, 6.07) is 15.9. The molecule has 0 N–H and O–H groups in total. The summed E-state index contributed by atoms with van der Waals surface area (Å²) in [6.07, 6.45) is 11.0. The van der Waals surface area contributed by atoms with Gasteiger partial charge in [0.2, 0.25) is 5.12 Å². The van der Waals surface area contributed by atoms with Crippen molar-refractivity contribution in [3.8, 4) is 5.75 Å². The molecule has 152 valence electrons. The van der Waals surface area contributed by atoms with Crippen molar-refractivity contribution in [1.82, 2.24) is 0 Å². The number of aryl methyl sites for hydroxylation is 1. The summed E-state index contributed by atoms with van der Waals surface area (Å²) < 4.78 is 5.77. The van der Waals surface area contributed by atoms with Crippen LogP contribution in [0.4, 0.5) is 0 Å². The summed E-state index contributed by atoms with van der Waals surface area (Å²) in [5.74, 6) is 0.841. The van der Waals surface area contributed by atoms with Gasteiger partial charge in [0.15, 0.2) is 0 Å². The van der Waals surface area contributed by atoms with Crippen LogP contribution in [0.5, 0.6) is 5.75 Å². The largest absolute Gasteiger partial charge is 0.494 e. The Labute approximate surface area is 175 Å². The van der Waals surface area contributed by atoms with Crippen LogP contribution in [-0.2, 0) is 6.42 Å². The summed E-state index contributed by atoms with van der Waals surface area (Å²) >= 11 is 1.29. The zero-order chi connectivity index (χ0) is 20.0. The minimum atomic E-state index is 0.0739. The highest BCUT2D eigenvalue weighted by Gasteiger charge is 2.08. The number of benzene rings is 2. The predicted octanol–water partition coefficient (Wildman–Crippen LogP) is 7.70. The summed E-state index contributed by atoms with van der Waals surface area (Å²) in [6.45, 7) is 5.19. The van der Waals surface area contributed by atoms with Crippen LogP contribution in [-0.4, -0.2) is 11.7 Å². The second kappa shape index (κ2) is 13.4. The highest BCUT2D eigenvalue weighted by atomic mass is 32.2. The van der Waals surface area contributed by atoms with E-state index in [-0.39, 0.29) is 5.12 Å². The molecule has 2 aromatic carbocycles. The number of carbonyl (C=O) groups excluding carboxylic acids is 1. The first-order chi connectivity index (χ1) is 13.7. The Morgan fingerprint density at radius 2 is 1.43 bits per heavy atom. The maximum Gasteiger partial charge on any atom is 0.224 e. The molecular weight excluding hydrogens is 364 g/mol. The number of ether oxygens (including phenoxy) is 1. The first kappa shape index (κ1) is 22.5. The predicted molar refractivity (Wildman–Crippen MR) is 121 cm³/mol. The monoisotopic (exact) mass is 398 g/mol. The van der Waals surface area contributed by atoms with Gasteiger partial charge in [-0.3, -0.25) is 4.79 Å². The van der Waals surface area contributed by atoms with E-state index in [1.807, 2.05) is 24.3 Å². The van der Waals surface area contributed by atoms with Crippen molar-refractivity contribution in [2.75, 3.05) is 6.61 Å². The van der Waals surface area contributed by atoms with Gasteiger partial charge in [0.05, 0.1) is 6.61 Å². The molecule has 0 bridgehead atoms. The fraction of sp³-hybridized carbons (Fsp3) is 0.480. The molecule has 0 fully saturated rings. The van der Waals surface area contributed by atoms with Gasteiger partial charge in [0.25, 0.3) is 0 Å². The third-order valence-electron chi connectivity index (χ3n) is 4.81. The van der Waals surface area contributed by atoms with Crippen LogP contribution in [0, 0.1) is 0 Å². The first-order valence-corrected chi connectivity index (χ1v) is 11.6. The lowest BCUT2D eigenvalue weighted by Gasteiger charge is -2.07. The van der Waals surface area contributed by atoms with E-state index in [4.69, 9.17) is 4.74 Å². The fourth-order valence-electron chi connectivity index (χ4n) is 3.05. The van der Waals surface area contributed by atoms with E-state index in [0.29, 0.717) is 5.56 Å². The van der Waals surface area contributed by atoms with Crippen molar-refractivity contribution in [1.29, 1.82) is 0 Å². The molecule has 2 aromatic rings. The minimum Gasteiger partial charge on any atom is -0.494 e. The van der Waals surface area contributed by atoms with Gasteiger partial charge >= 0.3 is 0 Å². The van der Waals surface area contributed by atoms with Gasteiger partial charge in [0.1, 0.15) is 5.75 Å².